The lowest BCUT2D eigenvalue weighted by Crippen LogP contribution is -2.06. The van der Waals surface area contributed by atoms with Gasteiger partial charge in [0.15, 0.2) is 11.6 Å². The van der Waals surface area contributed by atoms with Gasteiger partial charge in [-0.1, -0.05) is 22.0 Å². The zero-order valence-electron chi connectivity index (χ0n) is 10.2. The molecule has 100 valence electrons. The predicted molar refractivity (Wildman–Crippen MR) is 73.3 cm³/mol. The van der Waals surface area contributed by atoms with Gasteiger partial charge in [0.2, 0.25) is 5.82 Å². The van der Waals surface area contributed by atoms with Crippen LogP contribution in [0.25, 0.3) is 0 Å². The molecule has 0 aromatic heterocycles. The van der Waals surface area contributed by atoms with E-state index in [-0.39, 0.29) is 5.75 Å². The number of hydrogen-bond acceptors (Lipinski definition) is 2. The van der Waals surface area contributed by atoms with E-state index in [1.807, 2.05) is 6.07 Å². The van der Waals surface area contributed by atoms with E-state index in [0.29, 0.717) is 12.3 Å². The van der Waals surface area contributed by atoms with Crippen molar-refractivity contribution in [3.8, 4) is 11.5 Å². The molecule has 0 bridgehead atoms. The van der Waals surface area contributed by atoms with Gasteiger partial charge in [0, 0.05) is 16.6 Å². The summed E-state index contributed by atoms with van der Waals surface area (Å²) in [4.78, 5) is 0. The summed E-state index contributed by atoms with van der Waals surface area (Å²) >= 11 is 3.36. The first-order valence-electron chi connectivity index (χ1n) is 5.66. The van der Waals surface area contributed by atoms with Crippen LogP contribution in [0.15, 0.2) is 40.9 Å². The van der Waals surface area contributed by atoms with E-state index < -0.39 is 11.6 Å². The minimum Gasteiger partial charge on any atom is -0.454 e. The molecule has 2 aromatic carbocycles. The van der Waals surface area contributed by atoms with Crippen molar-refractivity contribution in [2.24, 2.45) is 0 Å². The molecule has 2 nitrogen and oxygen atoms in total. The lowest BCUT2D eigenvalue weighted by Gasteiger charge is -2.12. The molecule has 1 N–H and O–H groups in total. The Kier molecular flexibility index (Phi) is 4.50. The van der Waals surface area contributed by atoms with Gasteiger partial charge in [-0.05, 0) is 37.4 Å². The average molecular weight is 328 g/mol. The Hall–Kier alpha value is -1.46. The Labute approximate surface area is 118 Å². The number of ether oxygens (including phenoxy) is 1. The first-order valence-corrected chi connectivity index (χ1v) is 6.46. The summed E-state index contributed by atoms with van der Waals surface area (Å²) < 4.78 is 33.0. The minimum absolute atomic E-state index is 0.125. The van der Waals surface area contributed by atoms with Gasteiger partial charge >= 0.3 is 0 Å². The van der Waals surface area contributed by atoms with Crippen molar-refractivity contribution in [1.82, 2.24) is 5.32 Å². The predicted octanol–water partition coefficient (Wildman–Crippen LogP) is 4.24. The van der Waals surface area contributed by atoms with Crippen molar-refractivity contribution in [2.75, 3.05) is 7.05 Å². The van der Waals surface area contributed by atoms with Crippen molar-refractivity contribution in [3.05, 3.63) is 58.1 Å². The molecule has 0 aliphatic rings. The lowest BCUT2D eigenvalue weighted by atomic mass is 10.2. The Balaban J connectivity index is 2.35. The van der Waals surface area contributed by atoms with E-state index >= 15 is 0 Å². The van der Waals surface area contributed by atoms with Crippen LogP contribution in [0.2, 0.25) is 0 Å². The molecule has 0 spiro atoms. The second kappa shape index (κ2) is 6.12. The lowest BCUT2D eigenvalue weighted by molar-refractivity contribution is 0.412. The maximum Gasteiger partial charge on any atom is 0.201 e. The van der Waals surface area contributed by atoms with Crippen LogP contribution in [0.1, 0.15) is 5.56 Å². The minimum atomic E-state index is -0.985. The van der Waals surface area contributed by atoms with Crippen LogP contribution in [0.3, 0.4) is 0 Å². The molecule has 0 aliphatic carbocycles. The number of halogens is 3. The molecular formula is C14H12BrF2NO. The summed E-state index contributed by atoms with van der Waals surface area (Å²) in [5, 5.41) is 2.99. The van der Waals surface area contributed by atoms with E-state index in [2.05, 4.69) is 21.2 Å². The maximum absolute atomic E-state index is 13.6. The third-order valence-electron chi connectivity index (χ3n) is 2.53. The van der Waals surface area contributed by atoms with Crippen LogP contribution in [-0.2, 0) is 6.54 Å². The van der Waals surface area contributed by atoms with Crippen molar-refractivity contribution in [2.45, 2.75) is 6.54 Å². The van der Waals surface area contributed by atoms with Crippen LogP contribution in [-0.4, -0.2) is 7.05 Å². The topological polar surface area (TPSA) is 21.3 Å². The molecule has 0 saturated heterocycles. The monoisotopic (exact) mass is 327 g/mol. The molecule has 2 aromatic rings. The summed E-state index contributed by atoms with van der Waals surface area (Å²) in [5.41, 5.74) is 0.848. The zero-order valence-corrected chi connectivity index (χ0v) is 11.8. The Morgan fingerprint density at radius 2 is 1.95 bits per heavy atom. The van der Waals surface area contributed by atoms with E-state index in [9.17, 15) is 8.78 Å². The first-order chi connectivity index (χ1) is 9.11. The summed E-state index contributed by atoms with van der Waals surface area (Å²) in [6.45, 7) is 0.561. The summed E-state index contributed by atoms with van der Waals surface area (Å²) in [6, 6.07) is 9.21. The highest BCUT2D eigenvalue weighted by Gasteiger charge is 2.12. The van der Waals surface area contributed by atoms with Gasteiger partial charge in [0.05, 0.1) is 0 Å². The molecule has 5 heteroatoms. The molecule has 0 radical (unpaired) electrons. The number of benzene rings is 2. The third kappa shape index (κ3) is 3.30. The molecule has 0 saturated carbocycles. The highest BCUT2D eigenvalue weighted by atomic mass is 79.9. The molecule has 0 atom stereocenters. The normalized spacial score (nSPS) is 10.5. The van der Waals surface area contributed by atoms with Crippen LogP contribution in [0, 0.1) is 11.6 Å². The molecule has 0 heterocycles. The van der Waals surface area contributed by atoms with Gasteiger partial charge in [-0.3, -0.25) is 0 Å². The number of hydrogen-bond donors (Lipinski definition) is 1. The van der Waals surface area contributed by atoms with Crippen molar-refractivity contribution >= 4 is 15.9 Å². The van der Waals surface area contributed by atoms with Gasteiger partial charge in [0.1, 0.15) is 5.75 Å². The molecule has 0 unspecified atom stereocenters. The SMILES string of the molecule is CNCc1cc(Br)ccc1Oc1cccc(F)c1F. The van der Waals surface area contributed by atoms with E-state index in [0.717, 1.165) is 16.1 Å². The first kappa shape index (κ1) is 14.0. The van der Waals surface area contributed by atoms with E-state index in [1.54, 1.807) is 19.2 Å². The molecule has 0 fully saturated rings. The van der Waals surface area contributed by atoms with Gasteiger partial charge in [-0.2, -0.15) is 4.39 Å². The quantitative estimate of drug-likeness (QED) is 0.906. The largest absolute Gasteiger partial charge is 0.454 e. The second-order valence-electron chi connectivity index (χ2n) is 3.94. The fourth-order valence-corrected chi connectivity index (χ4v) is 2.07. The van der Waals surface area contributed by atoms with Crippen molar-refractivity contribution in [1.29, 1.82) is 0 Å². The van der Waals surface area contributed by atoms with Gasteiger partial charge < -0.3 is 10.1 Å². The highest BCUT2D eigenvalue weighted by Crippen LogP contribution is 2.30. The molecule has 0 amide bonds. The van der Waals surface area contributed by atoms with Gasteiger partial charge in [-0.25, -0.2) is 4.39 Å². The van der Waals surface area contributed by atoms with Gasteiger partial charge in [-0.15, -0.1) is 0 Å². The Bertz CT molecular complexity index is 590. The van der Waals surface area contributed by atoms with Crippen molar-refractivity contribution in [3.63, 3.8) is 0 Å². The van der Waals surface area contributed by atoms with E-state index in [4.69, 9.17) is 4.74 Å². The van der Waals surface area contributed by atoms with Crippen LogP contribution >= 0.6 is 15.9 Å². The van der Waals surface area contributed by atoms with Crippen molar-refractivity contribution < 1.29 is 13.5 Å². The summed E-state index contributed by atoms with van der Waals surface area (Å²) in [7, 11) is 1.80. The summed E-state index contributed by atoms with van der Waals surface area (Å²) in [6.07, 6.45) is 0. The Morgan fingerprint density at radius 1 is 1.16 bits per heavy atom. The smallest absolute Gasteiger partial charge is 0.201 e. The second-order valence-corrected chi connectivity index (χ2v) is 4.85. The molecular weight excluding hydrogens is 316 g/mol. The zero-order chi connectivity index (χ0) is 13.8. The fourth-order valence-electron chi connectivity index (χ4n) is 1.66. The van der Waals surface area contributed by atoms with Crippen LogP contribution < -0.4 is 10.1 Å². The Morgan fingerprint density at radius 3 is 2.68 bits per heavy atom. The molecule has 2 rings (SSSR count). The third-order valence-corrected chi connectivity index (χ3v) is 3.02. The van der Waals surface area contributed by atoms with Crippen LogP contribution in [0.4, 0.5) is 8.78 Å². The molecule has 0 aliphatic heterocycles. The number of nitrogens with one attached hydrogen (secondary N) is 1. The maximum atomic E-state index is 13.6. The summed E-state index contributed by atoms with van der Waals surface area (Å²) in [5.74, 6) is -1.55. The highest BCUT2D eigenvalue weighted by molar-refractivity contribution is 9.10. The molecule has 19 heavy (non-hydrogen) atoms. The fraction of sp³-hybridized carbons (Fsp3) is 0.143. The standard InChI is InChI=1S/C14H12BrF2NO/c1-18-8-9-7-10(15)5-6-12(9)19-13-4-2-3-11(16)14(13)17/h2-7,18H,8H2,1H3. The number of rotatable bonds is 4. The van der Waals surface area contributed by atoms with Gasteiger partial charge in [0.25, 0.3) is 0 Å². The van der Waals surface area contributed by atoms with E-state index in [1.165, 1.54) is 12.1 Å². The average Bonchev–Trinajstić information content (AvgIpc) is 2.38. The van der Waals surface area contributed by atoms with Crippen LogP contribution in [0.5, 0.6) is 11.5 Å².